The Kier molecular flexibility index (Phi) is 12.8. The van der Waals surface area contributed by atoms with E-state index >= 15 is 0 Å². The third-order valence-corrected chi connectivity index (χ3v) is 13.5. The van der Waals surface area contributed by atoms with Crippen LogP contribution in [0.5, 0.6) is 5.75 Å². The van der Waals surface area contributed by atoms with E-state index in [1.165, 1.54) is 10.9 Å². The van der Waals surface area contributed by atoms with E-state index in [4.69, 9.17) is 37.3 Å². The molecule has 33 heteroatoms. The average Bonchev–Trinajstić information content (AvgIpc) is 3.89. The predicted molar refractivity (Wildman–Crippen MR) is 198 cm³/mol. The molecule has 61 heavy (non-hydrogen) atoms. The maximum absolute atomic E-state index is 12.9. The van der Waals surface area contributed by atoms with Crippen LogP contribution in [-0.4, -0.2) is 126 Å². The summed E-state index contributed by atoms with van der Waals surface area (Å²) in [5.74, 6) is -0.164. The molecule has 0 saturated carbocycles. The molecule has 3 unspecified atom stereocenters. The van der Waals surface area contributed by atoms with Crippen LogP contribution in [0.1, 0.15) is 12.5 Å². The molecule has 0 bridgehead atoms. The van der Waals surface area contributed by atoms with Crippen molar-refractivity contribution in [2.24, 2.45) is 0 Å². The summed E-state index contributed by atoms with van der Waals surface area (Å²) in [6.45, 7) is -2.16. The standard InChI is InChI=1S/C28H34ClN10O19P3/c29-11-1-3-12(4-2-11)52-6-5-37-10-39(22-16(37)24(45)36-28(31)34-22)26-20(43)18(41)14(56-26)8-54-60(48,49)58-61(50,51)57-59(46,47)53-7-13-17(40)19(42)25(55-13)38-9-32-15-21(38)33-27(30)35-23(15)44/h1-4,9-10,13-14,17-20,25-26,40-43H,5-8H2,(H8-,30,31,33,34,35,36,44,45,46,47,48,49,50,51)/p+1/t13-,14-,17-,18-,19-,20-,25-,26-/m1/s1. The third kappa shape index (κ3) is 9.85. The number of aromatic amines is 2. The predicted octanol–water partition coefficient (Wildman–Crippen LogP) is -4.49. The topological polar surface area (TPSA) is 440 Å². The number of hydrogen-bond donors (Lipinski definition) is 11. The van der Waals surface area contributed by atoms with Gasteiger partial charge in [0.1, 0.15) is 62.1 Å². The first kappa shape index (κ1) is 45.1. The van der Waals surface area contributed by atoms with Crippen LogP contribution >= 0.6 is 35.8 Å². The molecule has 0 aliphatic carbocycles. The van der Waals surface area contributed by atoms with Gasteiger partial charge in [0, 0.05) is 9.33 Å². The van der Waals surface area contributed by atoms with E-state index in [1.54, 1.807) is 24.3 Å². The van der Waals surface area contributed by atoms with Gasteiger partial charge in [-0.25, -0.2) is 14.1 Å². The van der Waals surface area contributed by atoms with Crippen LogP contribution in [0.3, 0.4) is 0 Å². The van der Waals surface area contributed by atoms with Gasteiger partial charge in [0.2, 0.25) is 17.7 Å². The molecule has 0 radical (unpaired) electrons. The van der Waals surface area contributed by atoms with Gasteiger partial charge in [-0.1, -0.05) is 20.9 Å². The van der Waals surface area contributed by atoms with Crippen molar-refractivity contribution in [1.82, 2.24) is 34.1 Å². The maximum Gasteiger partial charge on any atom is 0.511 e. The second-order valence-corrected chi connectivity index (χ2v) is 18.2. The summed E-state index contributed by atoms with van der Waals surface area (Å²) in [5, 5.41) is 43.2. The molecule has 5 aromatic rings. The Balaban J connectivity index is 0.950. The van der Waals surface area contributed by atoms with Gasteiger partial charge in [0.05, 0.1) is 12.9 Å². The normalized spacial score (nSPS) is 27.3. The Morgan fingerprint density at radius 2 is 1.59 bits per heavy atom. The molecule has 13 N–H and O–H groups in total. The van der Waals surface area contributed by atoms with E-state index in [9.17, 15) is 59.0 Å². The molecule has 1 aromatic carbocycles. The molecular formula is C28H35ClN10O19P3+. The van der Waals surface area contributed by atoms with Gasteiger partial charge in [0.25, 0.3) is 17.1 Å². The molecule has 0 spiro atoms. The van der Waals surface area contributed by atoms with Crippen LogP contribution in [-0.2, 0) is 38.3 Å². The van der Waals surface area contributed by atoms with E-state index < -0.39 is 97.6 Å². The summed E-state index contributed by atoms with van der Waals surface area (Å²) >= 11 is 5.90. The Hall–Kier alpha value is -3.90. The second-order valence-electron chi connectivity index (χ2n) is 13.2. The number of nitrogens with zero attached hydrogens (tertiary/aromatic N) is 6. The highest BCUT2D eigenvalue weighted by molar-refractivity contribution is 7.71. The van der Waals surface area contributed by atoms with Gasteiger partial charge in [-0.3, -0.25) is 33.2 Å². The molecular weight excluding hydrogens is 909 g/mol. The fraction of sp³-hybridized carbons (Fsp3) is 0.429. The number of nitrogen functional groups attached to an aromatic ring is 2. The molecule has 0 amide bonds. The van der Waals surface area contributed by atoms with Crippen LogP contribution in [0.4, 0.5) is 11.9 Å². The number of anilines is 2. The molecule has 332 valence electrons. The largest absolute Gasteiger partial charge is 0.603 e. The molecule has 2 saturated heterocycles. The zero-order valence-corrected chi connectivity index (χ0v) is 33.9. The highest BCUT2D eigenvalue weighted by Gasteiger charge is 2.54. The fourth-order valence-corrected chi connectivity index (χ4v) is 9.95. The number of benzene rings is 1. The van der Waals surface area contributed by atoms with Gasteiger partial charge in [-0.2, -0.15) is 19.3 Å². The smallest absolute Gasteiger partial charge is 0.511 e. The SMILES string of the molecule is Nc1nc2c(ncn2[C@@H]2O[C@H](CO[P+]([O-])(O)O[P+]([O-])(O)OP(=O)(O)OC[C@H]3O[C@@H]([n+]4cn(CCOc5ccc(Cl)cc5)c5c(=O)[nH]c(N)nc54)[C@H](O)[C@@H]3O)[C@@H](O)[C@H]2O)c(=O)[nH]1. The molecule has 29 nitrogen and oxygen atoms in total. The lowest BCUT2D eigenvalue weighted by atomic mass is 10.1. The van der Waals surface area contributed by atoms with Gasteiger partial charge in [-0.15, -0.1) is 0 Å². The molecule has 7 rings (SSSR count). The zero-order valence-electron chi connectivity index (χ0n) is 30.5. The Bertz CT molecular complexity index is 2560. The number of aliphatic hydroxyl groups is 4. The zero-order chi connectivity index (χ0) is 44.2. The van der Waals surface area contributed by atoms with Crippen molar-refractivity contribution < 1.29 is 85.9 Å². The van der Waals surface area contributed by atoms with Gasteiger partial charge in [-0.05, 0) is 24.3 Å². The van der Waals surface area contributed by atoms with Crippen molar-refractivity contribution in [3.05, 3.63) is 62.7 Å². The van der Waals surface area contributed by atoms with Crippen LogP contribution < -0.4 is 41.7 Å². The van der Waals surface area contributed by atoms with Crippen LogP contribution in [0.2, 0.25) is 5.02 Å². The minimum absolute atomic E-state index is 0.0252. The van der Waals surface area contributed by atoms with Gasteiger partial charge >= 0.3 is 29.8 Å². The van der Waals surface area contributed by atoms with Crippen LogP contribution in [0, 0.1) is 0 Å². The summed E-state index contributed by atoms with van der Waals surface area (Å²) in [6.07, 6.45) is -11.3. The van der Waals surface area contributed by atoms with Crippen molar-refractivity contribution in [3.63, 3.8) is 0 Å². The van der Waals surface area contributed by atoms with E-state index in [2.05, 4.69) is 42.6 Å². The number of aliphatic hydroxyl groups excluding tert-OH is 4. The number of ether oxygens (including phenoxy) is 3. The number of nitrogens with two attached hydrogens (primary N) is 2. The van der Waals surface area contributed by atoms with Crippen molar-refractivity contribution >= 4 is 70.0 Å². The quantitative estimate of drug-likeness (QED) is 0.0328. The Labute approximate surface area is 344 Å². The molecule has 4 aromatic heterocycles. The number of phosphoric ester groups is 2. The molecule has 2 aliphatic heterocycles. The monoisotopic (exact) mass is 943 g/mol. The minimum Gasteiger partial charge on any atom is -0.603 e. The average molecular weight is 944 g/mol. The van der Waals surface area contributed by atoms with E-state index in [-0.39, 0.29) is 47.4 Å². The van der Waals surface area contributed by atoms with Crippen molar-refractivity contribution in [1.29, 1.82) is 0 Å². The summed E-state index contributed by atoms with van der Waals surface area (Å²) in [7, 11) is -17.5. The van der Waals surface area contributed by atoms with E-state index in [1.807, 2.05) is 0 Å². The number of H-pyrrole nitrogens is 2. The lowest BCUT2D eigenvalue weighted by molar-refractivity contribution is -0.746. The van der Waals surface area contributed by atoms with Crippen molar-refractivity contribution in [2.75, 3.05) is 31.3 Å². The number of halogens is 1. The van der Waals surface area contributed by atoms with Crippen LogP contribution in [0.25, 0.3) is 22.3 Å². The van der Waals surface area contributed by atoms with Gasteiger partial charge in [0.15, 0.2) is 23.7 Å². The van der Waals surface area contributed by atoms with Crippen LogP contribution in [0.15, 0.2) is 46.5 Å². The number of aromatic nitrogens is 8. The van der Waals surface area contributed by atoms with Crippen molar-refractivity contribution in [2.45, 2.75) is 55.6 Å². The summed E-state index contributed by atoms with van der Waals surface area (Å²) in [4.78, 5) is 97.0. The first-order valence-electron chi connectivity index (χ1n) is 17.3. The number of rotatable bonds is 16. The van der Waals surface area contributed by atoms with E-state index in [0.717, 1.165) is 15.5 Å². The number of nitrogens with one attached hydrogen (secondary N) is 2. The van der Waals surface area contributed by atoms with Gasteiger partial charge < -0.3 is 60.8 Å². The number of imidazole rings is 2. The fourth-order valence-electron chi connectivity index (χ4n) is 6.30. The third-order valence-electron chi connectivity index (χ3n) is 8.99. The lowest BCUT2D eigenvalue weighted by Gasteiger charge is -2.25. The Morgan fingerprint density at radius 3 is 2.31 bits per heavy atom. The second kappa shape index (κ2) is 17.3. The van der Waals surface area contributed by atoms with E-state index in [0.29, 0.717) is 10.8 Å². The summed E-state index contributed by atoms with van der Waals surface area (Å²) in [6, 6.07) is 6.46. The summed E-state index contributed by atoms with van der Waals surface area (Å²) < 4.78 is 50.6. The Morgan fingerprint density at radius 1 is 0.934 bits per heavy atom. The highest BCUT2D eigenvalue weighted by Crippen LogP contribution is 2.71. The molecule has 6 heterocycles. The number of hydrogen-bond acceptors (Lipinski definition) is 23. The minimum atomic E-state index is -6.05. The maximum atomic E-state index is 12.9. The first-order chi connectivity index (χ1) is 28.6. The molecule has 2 aliphatic rings. The highest BCUT2D eigenvalue weighted by atomic mass is 35.5. The first-order valence-corrected chi connectivity index (χ1v) is 22.1. The lowest BCUT2D eigenvalue weighted by Crippen LogP contribution is -2.46. The molecule has 11 atom stereocenters. The number of phosphoric acid groups is 3. The molecule has 2 fully saturated rings. The summed E-state index contributed by atoms with van der Waals surface area (Å²) in [5.41, 5.74) is 9.37. The number of fused-ring (bicyclic) bond motifs is 2. The van der Waals surface area contributed by atoms with Crippen molar-refractivity contribution in [3.8, 4) is 5.75 Å².